The van der Waals surface area contributed by atoms with E-state index in [1.165, 1.54) is 7.11 Å². The lowest BCUT2D eigenvalue weighted by Gasteiger charge is -2.08. The van der Waals surface area contributed by atoms with Crippen LogP contribution in [0.3, 0.4) is 0 Å². The summed E-state index contributed by atoms with van der Waals surface area (Å²) in [4.78, 5) is 11.5. The van der Waals surface area contributed by atoms with Crippen LogP contribution in [0.5, 0.6) is 5.75 Å². The first kappa shape index (κ1) is 19.7. The Labute approximate surface area is 168 Å². The fourth-order valence-corrected chi connectivity index (χ4v) is 3.55. The Kier molecular flexibility index (Phi) is 6.49. The number of hydrogen-bond donors (Lipinski definition) is 0. The number of esters is 1. The van der Waals surface area contributed by atoms with Gasteiger partial charge in [0.1, 0.15) is 5.75 Å². The van der Waals surface area contributed by atoms with E-state index < -0.39 is 0 Å². The van der Waals surface area contributed by atoms with Crippen molar-refractivity contribution in [2.24, 2.45) is 0 Å². The highest BCUT2D eigenvalue weighted by atomic mass is 32.2. The van der Waals surface area contributed by atoms with E-state index in [0.29, 0.717) is 17.9 Å². The molecule has 0 aliphatic heterocycles. The Morgan fingerprint density at radius 2 is 1.82 bits per heavy atom. The fraction of sp³-hybridized carbons (Fsp3) is 0.190. The van der Waals surface area contributed by atoms with E-state index in [0.717, 1.165) is 27.9 Å². The van der Waals surface area contributed by atoms with Crippen LogP contribution in [-0.2, 0) is 17.0 Å². The van der Waals surface area contributed by atoms with Crippen LogP contribution < -0.4 is 4.74 Å². The predicted molar refractivity (Wildman–Crippen MR) is 110 cm³/mol. The van der Waals surface area contributed by atoms with Crippen LogP contribution in [0, 0.1) is 0 Å². The number of aromatic nitrogens is 3. The summed E-state index contributed by atoms with van der Waals surface area (Å²) < 4.78 is 12.0. The van der Waals surface area contributed by atoms with Crippen LogP contribution in [0.1, 0.15) is 15.9 Å². The van der Waals surface area contributed by atoms with Gasteiger partial charge in [0.15, 0.2) is 11.0 Å². The third-order valence-electron chi connectivity index (χ3n) is 4.12. The van der Waals surface area contributed by atoms with Crippen molar-refractivity contribution in [1.82, 2.24) is 14.8 Å². The molecule has 0 fully saturated rings. The molecule has 0 bridgehead atoms. The zero-order valence-electron chi connectivity index (χ0n) is 15.8. The van der Waals surface area contributed by atoms with E-state index in [4.69, 9.17) is 9.47 Å². The quantitative estimate of drug-likeness (QED) is 0.323. The summed E-state index contributed by atoms with van der Waals surface area (Å²) in [6.45, 7) is 4.45. The lowest BCUT2D eigenvalue weighted by atomic mass is 10.1. The molecule has 1 aromatic heterocycles. The monoisotopic (exact) mass is 395 g/mol. The number of carbonyl (C=O) groups is 1. The normalized spacial score (nSPS) is 10.5. The molecular formula is C21H21N3O3S. The maximum absolute atomic E-state index is 11.5. The zero-order chi connectivity index (χ0) is 19.9. The lowest BCUT2D eigenvalue weighted by molar-refractivity contribution is 0.0600. The fourth-order valence-electron chi connectivity index (χ4n) is 2.65. The number of thioether (sulfide) groups is 1. The summed E-state index contributed by atoms with van der Waals surface area (Å²) in [7, 11) is 3.01. The second kappa shape index (κ2) is 9.23. The molecule has 0 atom stereocenters. The van der Waals surface area contributed by atoms with Crippen LogP contribution in [0.4, 0.5) is 0 Å². The number of methoxy groups -OCH3 is 2. The summed E-state index contributed by atoms with van der Waals surface area (Å²) in [6.07, 6.45) is 1.82. The molecule has 144 valence electrons. The van der Waals surface area contributed by atoms with Gasteiger partial charge in [0.25, 0.3) is 0 Å². The van der Waals surface area contributed by atoms with Crippen molar-refractivity contribution in [3.8, 4) is 17.1 Å². The molecule has 0 spiro atoms. The highest BCUT2D eigenvalue weighted by Crippen LogP contribution is 2.27. The molecule has 0 amide bonds. The summed E-state index contributed by atoms with van der Waals surface area (Å²) in [5.74, 6) is 1.95. The third-order valence-corrected chi connectivity index (χ3v) is 5.16. The maximum atomic E-state index is 11.5. The van der Waals surface area contributed by atoms with Gasteiger partial charge in [-0.2, -0.15) is 0 Å². The van der Waals surface area contributed by atoms with Gasteiger partial charge < -0.3 is 9.47 Å². The van der Waals surface area contributed by atoms with Gasteiger partial charge in [0.2, 0.25) is 0 Å². The smallest absolute Gasteiger partial charge is 0.337 e. The number of allylic oxidation sites excluding steroid dienone is 1. The first-order chi connectivity index (χ1) is 13.7. The van der Waals surface area contributed by atoms with Gasteiger partial charge in [-0.15, -0.1) is 16.8 Å². The number of ether oxygens (including phenoxy) is 2. The number of benzene rings is 2. The summed E-state index contributed by atoms with van der Waals surface area (Å²) in [6, 6.07) is 15.1. The first-order valence-electron chi connectivity index (χ1n) is 8.65. The van der Waals surface area contributed by atoms with Crippen LogP contribution in [0.2, 0.25) is 0 Å². The van der Waals surface area contributed by atoms with Crippen molar-refractivity contribution in [2.75, 3.05) is 14.2 Å². The number of carbonyl (C=O) groups excluding carboxylic acids is 1. The molecule has 28 heavy (non-hydrogen) atoms. The molecule has 6 nitrogen and oxygen atoms in total. The molecule has 0 saturated carbocycles. The van der Waals surface area contributed by atoms with Crippen LogP contribution in [0.25, 0.3) is 11.4 Å². The molecule has 0 N–H and O–H groups in total. The number of hydrogen-bond acceptors (Lipinski definition) is 6. The van der Waals surface area contributed by atoms with Gasteiger partial charge in [0.05, 0.1) is 19.8 Å². The zero-order valence-corrected chi connectivity index (χ0v) is 16.6. The highest BCUT2D eigenvalue weighted by molar-refractivity contribution is 7.98. The molecule has 1 heterocycles. The molecule has 0 aliphatic rings. The largest absolute Gasteiger partial charge is 0.497 e. The van der Waals surface area contributed by atoms with E-state index >= 15 is 0 Å². The van der Waals surface area contributed by atoms with Crippen molar-refractivity contribution in [3.05, 3.63) is 72.3 Å². The van der Waals surface area contributed by atoms with Crippen LogP contribution in [-0.4, -0.2) is 35.0 Å². The summed E-state index contributed by atoms with van der Waals surface area (Å²) >= 11 is 1.58. The molecule has 3 aromatic rings. The third kappa shape index (κ3) is 4.43. The average molecular weight is 395 g/mol. The van der Waals surface area contributed by atoms with E-state index in [1.54, 1.807) is 31.0 Å². The second-order valence-electron chi connectivity index (χ2n) is 5.91. The van der Waals surface area contributed by atoms with Gasteiger partial charge in [-0.25, -0.2) is 4.79 Å². The molecule has 0 unspecified atom stereocenters. The van der Waals surface area contributed by atoms with E-state index in [-0.39, 0.29) is 5.97 Å². The maximum Gasteiger partial charge on any atom is 0.337 e. The van der Waals surface area contributed by atoms with E-state index in [9.17, 15) is 4.79 Å². The standard InChI is InChI=1S/C21H21N3O3S/c1-4-13-24-19(16-9-11-18(26-2)12-10-16)22-23-21(24)28-14-15-5-7-17(8-6-15)20(25)27-3/h4-12H,1,13-14H2,2-3H3. The molecule has 7 heteroatoms. The van der Waals surface area contributed by atoms with Crippen LogP contribution >= 0.6 is 11.8 Å². The average Bonchev–Trinajstić information content (AvgIpc) is 3.15. The van der Waals surface area contributed by atoms with Crippen molar-refractivity contribution in [1.29, 1.82) is 0 Å². The highest BCUT2D eigenvalue weighted by Gasteiger charge is 2.14. The Hall–Kier alpha value is -3.06. The first-order valence-corrected chi connectivity index (χ1v) is 9.63. The van der Waals surface area contributed by atoms with E-state index in [1.807, 2.05) is 47.0 Å². The predicted octanol–water partition coefficient (Wildman–Crippen LogP) is 4.22. The van der Waals surface area contributed by atoms with E-state index in [2.05, 4.69) is 16.8 Å². The van der Waals surface area contributed by atoms with Crippen molar-refractivity contribution in [2.45, 2.75) is 17.5 Å². The Bertz CT molecular complexity index is 950. The molecular weight excluding hydrogens is 374 g/mol. The van der Waals surface area contributed by atoms with Gasteiger partial charge in [-0.05, 0) is 42.0 Å². The second-order valence-corrected chi connectivity index (χ2v) is 6.85. The molecule has 0 radical (unpaired) electrons. The molecule has 0 saturated heterocycles. The minimum absolute atomic E-state index is 0.339. The minimum Gasteiger partial charge on any atom is -0.497 e. The van der Waals surface area contributed by atoms with Gasteiger partial charge >= 0.3 is 5.97 Å². The van der Waals surface area contributed by atoms with Crippen molar-refractivity contribution < 1.29 is 14.3 Å². The molecule has 0 aliphatic carbocycles. The molecule has 2 aromatic carbocycles. The Balaban J connectivity index is 1.77. The lowest BCUT2D eigenvalue weighted by Crippen LogP contribution is -2.01. The Morgan fingerprint density at radius 3 is 2.43 bits per heavy atom. The van der Waals surface area contributed by atoms with Gasteiger partial charge in [-0.1, -0.05) is 30.0 Å². The van der Waals surface area contributed by atoms with Crippen molar-refractivity contribution >= 4 is 17.7 Å². The minimum atomic E-state index is -0.339. The summed E-state index contributed by atoms with van der Waals surface area (Å²) in [5, 5.41) is 9.52. The van der Waals surface area contributed by atoms with Gasteiger partial charge in [-0.3, -0.25) is 4.57 Å². The topological polar surface area (TPSA) is 66.2 Å². The number of nitrogens with zero attached hydrogens (tertiary/aromatic N) is 3. The SMILES string of the molecule is C=CCn1c(SCc2ccc(C(=O)OC)cc2)nnc1-c1ccc(OC)cc1. The van der Waals surface area contributed by atoms with Gasteiger partial charge in [0, 0.05) is 17.9 Å². The number of rotatable bonds is 8. The Morgan fingerprint density at radius 1 is 1.11 bits per heavy atom. The molecule has 3 rings (SSSR count). The van der Waals surface area contributed by atoms with Crippen molar-refractivity contribution in [3.63, 3.8) is 0 Å². The van der Waals surface area contributed by atoms with Crippen LogP contribution in [0.15, 0.2) is 66.3 Å². The summed E-state index contributed by atoms with van der Waals surface area (Å²) in [5.41, 5.74) is 2.58.